The fourth-order valence-electron chi connectivity index (χ4n) is 1.99. The first-order chi connectivity index (χ1) is 7.25. The molecule has 4 nitrogen and oxygen atoms in total. The van der Waals surface area contributed by atoms with Gasteiger partial charge in [-0.1, -0.05) is 0 Å². The minimum Gasteiger partial charge on any atom is -0.316 e. The Kier molecular flexibility index (Phi) is 3.16. The number of hydrogen-bond acceptors (Lipinski definition) is 3. The summed E-state index contributed by atoms with van der Waals surface area (Å²) in [7, 11) is 1.83. The molecule has 0 bridgehead atoms. The average Bonchev–Trinajstić information content (AvgIpc) is 2.84. The van der Waals surface area contributed by atoms with Crippen LogP contribution in [0.1, 0.15) is 29.8 Å². The summed E-state index contributed by atoms with van der Waals surface area (Å²) < 4.78 is 1.67. The van der Waals surface area contributed by atoms with E-state index < -0.39 is 0 Å². The highest BCUT2D eigenvalue weighted by Gasteiger charge is 2.17. The molecule has 0 aliphatic carbocycles. The first kappa shape index (κ1) is 10.4. The van der Waals surface area contributed by atoms with E-state index in [-0.39, 0.29) is 5.78 Å². The van der Waals surface area contributed by atoms with Crippen LogP contribution in [0.4, 0.5) is 0 Å². The molecule has 2 rings (SSSR count). The molecule has 0 spiro atoms. The Morgan fingerprint density at radius 2 is 2.60 bits per heavy atom. The summed E-state index contributed by atoms with van der Waals surface area (Å²) in [6.07, 6.45) is 4.63. The van der Waals surface area contributed by atoms with Crippen LogP contribution in [-0.4, -0.2) is 28.7 Å². The van der Waals surface area contributed by atoms with Crippen LogP contribution >= 0.6 is 0 Å². The maximum Gasteiger partial charge on any atom is 0.183 e. The third kappa shape index (κ3) is 2.65. The van der Waals surface area contributed by atoms with Crippen molar-refractivity contribution in [2.45, 2.75) is 19.3 Å². The normalized spacial score (nSPS) is 20.7. The lowest BCUT2D eigenvalue weighted by Gasteiger charge is -2.05. The van der Waals surface area contributed by atoms with Crippen LogP contribution in [0.2, 0.25) is 0 Å². The summed E-state index contributed by atoms with van der Waals surface area (Å²) in [5.41, 5.74) is 0.600. The van der Waals surface area contributed by atoms with Crippen molar-refractivity contribution in [3.63, 3.8) is 0 Å². The van der Waals surface area contributed by atoms with Gasteiger partial charge in [0.2, 0.25) is 0 Å². The SMILES string of the molecule is Cn1ccc(C(=O)CCC2CCNC2)n1. The molecule has 1 aromatic rings. The zero-order chi connectivity index (χ0) is 10.7. The van der Waals surface area contributed by atoms with E-state index in [1.807, 2.05) is 13.2 Å². The number of nitrogens with one attached hydrogen (secondary N) is 1. The van der Waals surface area contributed by atoms with Gasteiger partial charge in [0.15, 0.2) is 5.78 Å². The van der Waals surface area contributed by atoms with Gasteiger partial charge in [-0.15, -0.1) is 0 Å². The lowest BCUT2D eigenvalue weighted by Crippen LogP contribution is -2.10. The number of carbonyl (C=O) groups excluding carboxylic acids is 1. The lowest BCUT2D eigenvalue weighted by molar-refractivity contribution is 0.0969. The van der Waals surface area contributed by atoms with Gasteiger partial charge in [-0.3, -0.25) is 9.48 Å². The quantitative estimate of drug-likeness (QED) is 0.749. The van der Waals surface area contributed by atoms with Gasteiger partial charge in [0.25, 0.3) is 0 Å². The number of rotatable bonds is 4. The minimum absolute atomic E-state index is 0.169. The van der Waals surface area contributed by atoms with Gasteiger partial charge in [0.05, 0.1) is 0 Å². The molecular weight excluding hydrogens is 190 g/mol. The Hall–Kier alpha value is -1.16. The molecule has 1 aliphatic heterocycles. The van der Waals surface area contributed by atoms with E-state index in [0.29, 0.717) is 18.0 Å². The molecule has 4 heteroatoms. The molecule has 1 aliphatic rings. The monoisotopic (exact) mass is 207 g/mol. The molecular formula is C11H17N3O. The summed E-state index contributed by atoms with van der Waals surface area (Å²) in [5, 5.41) is 7.42. The Labute approximate surface area is 89.7 Å². The van der Waals surface area contributed by atoms with E-state index in [1.165, 1.54) is 6.42 Å². The topological polar surface area (TPSA) is 46.9 Å². The van der Waals surface area contributed by atoms with Crippen LogP contribution in [0.3, 0.4) is 0 Å². The predicted molar refractivity (Wildman–Crippen MR) is 57.7 cm³/mol. The minimum atomic E-state index is 0.169. The van der Waals surface area contributed by atoms with Crippen molar-refractivity contribution in [2.75, 3.05) is 13.1 Å². The molecule has 15 heavy (non-hydrogen) atoms. The van der Waals surface area contributed by atoms with E-state index in [2.05, 4.69) is 10.4 Å². The first-order valence-electron chi connectivity index (χ1n) is 5.49. The second-order valence-electron chi connectivity index (χ2n) is 4.20. The van der Waals surface area contributed by atoms with Crippen LogP contribution in [0, 0.1) is 5.92 Å². The number of aryl methyl sites for hydroxylation is 1. The van der Waals surface area contributed by atoms with Gasteiger partial charge < -0.3 is 5.32 Å². The second kappa shape index (κ2) is 4.57. The van der Waals surface area contributed by atoms with Gasteiger partial charge in [-0.05, 0) is 37.9 Å². The second-order valence-corrected chi connectivity index (χ2v) is 4.20. The number of hydrogen-bond donors (Lipinski definition) is 1. The maximum absolute atomic E-state index is 11.7. The molecule has 0 aromatic carbocycles. The van der Waals surface area contributed by atoms with Gasteiger partial charge >= 0.3 is 0 Å². The molecule has 1 fully saturated rings. The molecule has 0 amide bonds. The van der Waals surface area contributed by atoms with Crippen LogP contribution in [0.15, 0.2) is 12.3 Å². The van der Waals surface area contributed by atoms with Crippen molar-refractivity contribution in [2.24, 2.45) is 13.0 Å². The summed E-state index contributed by atoms with van der Waals surface area (Å²) in [4.78, 5) is 11.7. The molecule has 1 N–H and O–H groups in total. The standard InChI is InChI=1S/C11H17N3O/c1-14-7-5-10(13-14)11(15)3-2-9-4-6-12-8-9/h5,7,9,12H,2-4,6,8H2,1H3. The van der Waals surface area contributed by atoms with Crippen molar-refractivity contribution in [1.29, 1.82) is 0 Å². The highest BCUT2D eigenvalue weighted by molar-refractivity contribution is 5.94. The summed E-state index contributed by atoms with van der Waals surface area (Å²) in [6, 6.07) is 1.79. The third-order valence-corrected chi connectivity index (χ3v) is 2.94. The Balaban J connectivity index is 1.81. The smallest absolute Gasteiger partial charge is 0.183 e. The van der Waals surface area contributed by atoms with Crippen LogP contribution in [-0.2, 0) is 7.05 Å². The van der Waals surface area contributed by atoms with Crippen molar-refractivity contribution < 1.29 is 4.79 Å². The molecule has 0 saturated carbocycles. The summed E-state index contributed by atoms with van der Waals surface area (Å²) >= 11 is 0. The molecule has 1 atom stereocenters. The molecule has 1 saturated heterocycles. The van der Waals surface area contributed by atoms with Crippen LogP contribution in [0.5, 0.6) is 0 Å². The van der Waals surface area contributed by atoms with E-state index in [4.69, 9.17) is 0 Å². The Bertz CT molecular complexity index is 339. The highest BCUT2D eigenvalue weighted by atomic mass is 16.1. The van der Waals surface area contributed by atoms with E-state index in [0.717, 1.165) is 19.5 Å². The number of ketones is 1. The fourth-order valence-corrected chi connectivity index (χ4v) is 1.99. The summed E-state index contributed by atoms with van der Waals surface area (Å²) in [5.74, 6) is 0.847. The summed E-state index contributed by atoms with van der Waals surface area (Å²) in [6.45, 7) is 2.16. The maximum atomic E-state index is 11.7. The highest BCUT2D eigenvalue weighted by Crippen LogP contribution is 2.15. The van der Waals surface area contributed by atoms with Crippen LogP contribution in [0.25, 0.3) is 0 Å². The number of aromatic nitrogens is 2. The largest absolute Gasteiger partial charge is 0.316 e. The van der Waals surface area contributed by atoms with Crippen molar-refractivity contribution in [3.8, 4) is 0 Å². The molecule has 2 heterocycles. The lowest BCUT2D eigenvalue weighted by atomic mass is 10.00. The van der Waals surface area contributed by atoms with Gasteiger partial charge in [-0.25, -0.2) is 0 Å². The van der Waals surface area contributed by atoms with E-state index in [1.54, 1.807) is 10.7 Å². The Morgan fingerprint density at radius 1 is 1.73 bits per heavy atom. The van der Waals surface area contributed by atoms with Gasteiger partial charge in [0.1, 0.15) is 5.69 Å². The van der Waals surface area contributed by atoms with Gasteiger partial charge in [0, 0.05) is 19.7 Å². The predicted octanol–water partition coefficient (Wildman–Crippen LogP) is 0.992. The fraction of sp³-hybridized carbons (Fsp3) is 0.636. The molecule has 1 unspecified atom stereocenters. The van der Waals surface area contributed by atoms with E-state index >= 15 is 0 Å². The van der Waals surface area contributed by atoms with E-state index in [9.17, 15) is 4.79 Å². The molecule has 1 aromatic heterocycles. The van der Waals surface area contributed by atoms with Crippen molar-refractivity contribution in [1.82, 2.24) is 15.1 Å². The number of carbonyl (C=O) groups is 1. The zero-order valence-electron chi connectivity index (χ0n) is 9.07. The average molecular weight is 207 g/mol. The Morgan fingerprint density at radius 3 is 3.20 bits per heavy atom. The van der Waals surface area contributed by atoms with Crippen molar-refractivity contribution in [3.05, 3.63) is 18.0 Å². The number of nitrogens with zero attached hydrogens (tertiary/aromatic N) is 2. The molecule has 82 valence electrons. The van der Waals surface area contributed by atoms with Crippen LogP contribution < -0.4 is 5.32 Å². The number of Topliss-reactive ketones (excluding diaryl/α,β-unsaturated/α-hetero) is 1. The first-order valence-corrected chi connectivity index (χ1v) is 5.49. The third-order valence-electron chi connectivity index (χ3n) is 2.94. The van der Waals surface area contributed by atoms with Gasteiger partial charge in [-0.2, -0.15) is 5.10 Å². The molecule has 0 radical (unpaired) electrons. The van der Waals surface area contributed by atoms with Crippen molar-refractivity contribution >= 4 is 5.78 Å². The zero-order valence-corrected chi connectivity index (χ0v) is 9.07.